The summed E-state index contributed by atoms with van der Waals surface area (Å²) in [5.74, 6) is 0.393. The standard InChI is InChI=1S/C10H9N5O3S/c1-19(16,17)6-4-2-3-5-7(6)13-10(12-5)8-9(11)15-18-14-8/h2-4H,1H3,(H2,11,15)(H,12,13). The van der Waals surface area contributed by atoms with E-state index in [1.807, 2.05) is 0 Å². The van der Waals surface area contributed by atoms with Gasteiger partial charge >= 0.3 is 0 Å². The van der Waals surface area contributed by atoms with Crippen molar-refractivity contribution < 1.29 is 13.0 Å². The molecule has 0 aliphatic rings. The maximum absolute atomic E-state index is 11.7. The van der Waals surface area contributed by atoms with Crippen LogP contribution in [0.5, 0.6) is 0 Å². The van der Waals surface area contributed by atoms with Gasteiger partial charge < -0.3 is 10.7 Å². The Kier molecular flexibility index (Phi) is 2.32. The van der Waals surface area contributed by atoms with E-state index in [0.29, 0.717) is 16.9 Å². The highest BCUT2D eigenvalue weighted by Gasteiger charge is 2.18. The number of nitrogens with one attached hydrogen (secondary N) is 1. The molecule has 0 atom stereocenters. The van der Waals surface area contributed by atoms with E-state index < -0.39 is 9.84 Å². The number of aromatic nitrogens is 4. The number of H-pyrrole nitrogens is 1. The van der Waals surface area contributed by atoms with Crippen LogP contribution in [-0.4, -0.2) is 35.0 Å². The predicted molar refractivity (Wildman–Crippen MR) is 66.9 cm³/mol. The van der Waals surface area contributed by atoms with E-state index in [9.17, 15) is 8.42 Å². The number of aromatic amines is 1. The molecule has 3 N–H and O–H groups in total. The van der Waals surface area contributed by atoms with Crippen molar-refractivity contribution in [2.24, 2.45) is 0 Å². The first-order valence-electron chi connectivity index (χ1n) is 5.24. The van der Waals surface area contributed by atoms with Crippen molar-refractivity contribution >= 4 is 26.7 Å². The molecule has 1 aromatic carbocycles. The molecule has 0 radical (unpaired) electrons. The second-order valence-corrected chi connectivity index (χ2v) is 5.99. The Morgan fingerprint density at radius 2 is 2.11 bits per heavy atom. The molecule has 0 amide bonds. The van der Waals surface area contributed by atoms with Crippen LogP contribution in [0, 0.1) is 0 Å². The second kappa shape index (κ2) is 3.79. The van der Waals surface area contributed by atoms with Crippen LogP contribution in [0.3, 0.4) is 0 Å². The fourth-order valence-corrected chi connectivity index (χ4v) is 2.61. The van der Waals surface area contributed by atoms with E-state index in [1.165, 1.54) is 6.07 Å². The van der Waals surface area contributed by atoms with Crippen molar-refractivity contribution in [2.45, 2.75) is 4.90 Å². The van der Waals surface area contributed by atoms with Gasteiger partial charge in [0, 0.05) is 6.26 Å². The van der Waals surface area contributed by atoms with Gasteiger partial charge in [-0.05, 0) is 22.4 Å². The Bertz CT molecular complexity index is 864. The Morgan fingerprint density at radius 3 is 2.74 bits per heavy atom. The minimum absolute atomic E-state index is 0.0833. The molecule has 3 aromatic rings. The Morgan fingerprint density at radius 1 is 1.32 bits per heavy atom. The first-order chi connectivity index (χ1) is 8.97. The maximum Gasteiger partial charge on any atom is 0.199 e. The normalized spacial score (nSPS) is 12.1. The van der Waals surface area contributed by atoms with Gasteiger partial charge in [0.1, 0.15) is 5.52 Å². The van der Waals surface area contributed by atoms with E-state index in [-0.39, 0.29) is 16.4 Å². The van der Waals surface area contributed by atoms with Gasteiger partial charge in [0.15, 0.2) is 27.2 Å². The molecule has 19 heavy (non-hydrogen) atoms. The van der Waals surface area contributed by atoms with Crippen LogP contribution in [0.4, 0.5) is 5.82 Å². The summed E-state index contributed by atoms with van der Waals surface area (Å²) >= 11 is 0. The van der Waals surface area contributed by atoms with Gasteiger partial charge in [0.25, 0.3) is 0 Å². The molecule has 3 rings (SSSR count). The van der Waals surface area contributed by atoms with Crippen LogP contribution >= 0.6 is 0 Å². The van der Waals surface area contributed by atoms with Crippen LogP contribution < -0.4 is 5.73 Å². The topological polar surface area (TPSA) is 128 Å². The van der Waals surface area contributed by atoms with Crippen molar-refractivity contribution in [1.82, 2.24) is 20.3 Å². The molecule has 0 saturated heterocycles. The minimum Gasteiger partial charge on any atom is -0.379 e. The Balaban J connectivity index is 2.31. The summed E-state index contributed by atoms with van der Waals surface area (Å²) in [5, 5.41) is 7.07. The van der Waals surface area contributed by atoms with Crippen LogP contribution in [0.15, 0.2) is 27.7 Å². The van der Waals surface area contributed by atoms with Gasteiger partial charge in [-0.3, -0.25) is 0 Å². The predicted octanol–water partition coefficient (Wildman–Crippen LogP) is 0.599. The number of nitrogen functional groups attached to an aromatic ring is 1. The van der Waals surface area contributed by atoms with Crippen molar-refractivity contribution in [3.8, 4) is 11.5 Å². The molecule has 0 bridgehead atoms. The average molecular weight is 279 g/mol. The number of anilines is 1. The Labute approximate surface area is 107 Å². The summed E-state index contributed by atoms with van der Waals surface area (Å²) in [6, 6.07) is 4.84. The van der Waals surface area contributed by atoms with Crippen molar-refractivity contribution in [3.63, 3.8) is 0 Å². The van der Waals surface area contributed by atoms with Gasteiger partial charge in [-0.15, -0.1) is 0 Å². The van der Waals surface area contributed by atoms with Gasteiger partial charge in [-0.25, -0.2) is 18.0 Å². The van der Waals surface area contributed by atoms with Crippen LogP contribution in [0.25, 0.3) is 22.6 Å². The molecule has 0 aliphatic heterocycles. The number of hydrogen-bond donors (Lipinski definition) is 2. The molecule has 0 saturated carbocycles. The fraction of sp³-hybridized carbons (Fsp3) is 0.100. The zero-order valence-corrected chi connectivity index (χ0v) is 10.6. The molecule has 2 aromatic heterocycles. The summed E-state index contributed by atoms with van der Waals surface area (Å²) in [6.45, 7) is 0. The van der Waals surface area contributed by atoms with E-state index in [2.05, 4.69) is 24.9 Å². The number of para-hydroxylation sites is 1. The average Bonchev–Trinajstić information content (AvgIpc) is 2.91. The first-order valence-corrected chi connectivity index (χ1v) is 7.13. The van der Waals surface area contributed by atoms with Gasteiger partial charge in [-0.1, -0.05) is 6.07 Å². The number of nitrogens with two attached hydrogens (primary N) is 1. The van der Waals surface area contributed by atoms with Gasteiger partial charge in [0.05, 0.1) is 10.4 Å². The van der Waals surface area contributed by atoms with Crippen molar-refractivity contribution in [1.29, 1.82) is 0 Å². The van der Waals surface area contributed by atoms with E-state index in [4.69, 9.17) is 5.73 Å². The van der Waals surface area contributed by atoms with Crippen LogP contribution in [0.2, 0.25) is 0 Å². The van der Waals surface area contributed by atoms with Crippen molar-refractivity contribution in [2.75, 3.05) is 12.0 Å². The number of sulfone groups is 1. The third-order valence-electron chi connectivity index (χ3n) is 2.61. The number of benzene rings is 1. The molecule has 0 spiro atoms. The summed E-state index contributed by atoms with van der Waals surface area (Å²) < 4.78 is 27.9. The molecule has 8 nitrogen and oxygen atoms in total. The zero-order chi connectivity index (χ0) is 13.6. The smallest absolute Gasteiger partial charge is 0.199 e. The lowest BCUT2D eigenvalue weighted by Crippen LogP contribution is -1.97. The highest BCUT2D eigenvalue weighted by molar-refractivity contribution is 7.91. The molecule has 9 heteroatoms. The van der Waals surface area contributed by atoms with E-state index >= 15 is 0 Å². The number of rotatable bonds is 2. The minimum atomic E-state index is -3.37. The molecule has 0 fully saturated rings. The monoisotopic (exact) mass is 279 g/mol. The largest absolute Gasteiger partial charge is 0.379 e. The lowest BCUT2D eigenvalue weighted by molar-refractivity contribution is 0.310. The third-order valence-corrected chi connectivity index (χ3v) is 3.74. The highest BCUT2D eigenvalue weighted by atomic mass is 32.2. The zero-order valence-electron chi connectivity index (χ0n) is 9.78. The number of fused-ring (bicyclic) bond motifs is 1. The number of imidazole rings is 1. The van der Waals surface area contributed by atoms with Crippen LogP contribution in [-0.2, 0) is 9.84 Å². The Hall–Kier alpha value is -2.42. The maximum atomic E-state index is 11.7. The molecular weight excluding hydrogens is 270 g/mol. The summed E-state index contributed by atoms with van der Waals surface area (Å²) in [4.78, 5) is 7.28. The number of nitrogens with zero attached hydrogens (tertiary/aromatic N) is 3. The van der Waals surface area contributed by atoms with Gasteiger partial charge in [-0.2, -0.15) is 0 Å². The molecule has 98 valence electrons. The number of hydrogen-bond acceptors (Lipinski definition) is 7. The fourth-order valence-electron chi connectivity index (χ4n) is 1.78. The highest BCUT2D eigenvalue weighted by Crippen LogP contribution is 2.26. The summed E-state index contributed by atoms with van der Waals surface area (Å²) in [5.41, 5.74) is 6.72. The molecule has 0 unspecified atom stereocenters. The SMILES string of the molecule is CS(=O)(=O)c1cccc2[nH]c(-c3nonc3N)nc12. The summed E-state index contributed by atoms with van der Waals surface area (Å²) in [7, 11) is -3.37. The second-order valence-electron chi connectivity index (χ2n) is 4.01. The quantitative estimate of drug-likeness (QED) is 0.702. The van der Waals surface area contributed by atoms with Gasteiger partial charge in [0.2, 0.25) is 0 Å². The van der Waals surface area contributed by atoms with Crippen LogP contribution in [0.1, 0.15) is 0 Å². The molecule has 0 aliphatic carbocycles. The lowest BCUT2D eigenvalue weighted by atomic mass is 10.3. The van der Waals surface area contributed by atoms with E-state index in [1.54, 1.807) is 12.1 Å². The lowest BCUT2D eigenvalue weighted by Gasteiger charge is -1.97. The molecular formula is C10H9N5O3S. The van der Waals surface area contributed by atoms with Crippen molar-refractivity contribution in [3.05, 3.63) is 18.2 Å². The molecule has 2 heterocycles. The summed E-state index contributed by atoms with van der Waals surface area (Å²) in [6.07, 6.45) is 1.13. The van der Waals surface area contributed by atoms with E-state index in [0.717, 1.165) is 6.26 Å². The third kappa shape index (κ3) is 1.83. The first kappa shape index (κ1) is 11.7.